The van der Waals surface area contributed by atoms with Crippen LogP contribution in [0.25, 0.3) is 11.1 Å². The van der Waals surface area contributed by atoms with E-state index in [1.165, 1.54) is 0 Å². The van der Waals surface area contributed by atoms with Gasteiger partial charge in [0.1, 0.15) is 0 Å². The second-order valence-corrected chi connectivity index (χ2v) is 6.64. The zero-order valence-corrected chi connectivity index (χ0v) is 15.2. The van der Waals surface area contributed by atoms with Gasteiger partial charge >= 0.3 is 0 Å². The lowest BCUT2D eigenvalue weighted by Gasteiger charge is -2.23. The Balaban J connectivity index is 1.75. The first-order chi connectivity index (χ1) is 12.6. The average Bonchev–Trinajstić information content (AvgIpc) is 2.68. The van der Waals surface area contributed by atoms with Crippen LogP contribution in [0.15, 0.2) is 84.9 Å². The second-order valence-electron chi connectivity index (χ2n) is 6.64. The molecule has 1 amide bonds. The first kappa shape index (κ1) is 17.9. The van der Waals surface area contributed by atoms with Crippen molar-refractivity contribution in [1.82, 2.24) is 10.2 Å². The van der Waals surface area contributed by atoms with Crippen molar-refractivity contribution in [2.75, 3.05) is 20.6 Å². The standard InChI is InChI=1S/C23H24N2O/c1-25(2)17-22(20-11-7-4-8-12-20)24-23(26)21-15-13-19(14-16-21)18-9-5-3-6-10-18/h3-16,22H,17H2,1-2H3,(H,24,26)/t22-/m0/s1. The molecule has 0 aliphatic carbocycles. The first-order valence-corrected chi connectivity index (χ1v) is 8.79. The lowest BCUT2D eigenvalue weighted by Crippen LogP contribution is -2.35. The summed E-state index contributed by atoms with van der Waals surface area (Å²) in [7, 11) is 4.02. The summed E-state index contributed by atoms with van der Waals surface area (Å²) in [6, 6.07) is 28.0. The minimum absolute atomic E-state index is 0.0486. The normalized spacial score (nSPS) is 12.0. The van der Waals surface area contributed by atoms with E-state index in [-0.39, 0.29) is 11.9 Å². The Bertz CT molecular complexity index is 827. The Hall–Kier alpha value is -2.91. The summed E-state index contributed by atoms with van der Waals surface area (Å²) in [5, 5.41) is 3.16. The van der Waals surface area contributed by atoms with E-state index in [2.05, 4.69) is 22.3 Å². The molecule has 0 saturated carbocycles. The van der Waals surface area contributed by atoms with E-state index >= 15 is 0 Å². The average molecular weight is 344 g/mol. The third-order valence-electron chi connectivity index (χ3n) is 4.31. The van der Waals surface area contributed by atoms with Crippen LogP contribution in [0, 0.1) is 0 Å². The van der Waals surface area contributed by atoms with Crippen LogP contribution < -0.4 is 5.32 Å². The predicted octanol–water partition coefficient (Wildman–Crippen LogP) is 4.39. The van der Waals surface area contributed by atoms with Crippen molar-refractivity contribution in [2.45, 2.75) is 6.04 Å². The van der Waals surface area contributed by atoms with Crippen molar-refractivity contribution in [3.8, 4) is 11.1 Å². The molecule has 0 radical (unpaired) electrons. The van der Waals surface area contributed by atoms with Gasteiger partial charge in [-0.25, -0.2) is 0 Å². The Morgan fingerprint density at radius 1 is 0.808 bits per heavy atom. The summed E-state index contributed by atoms with van der Waals surface area (Å²) in [5.74, 6) is -0.0553. The third kappa shape index (κ3) is 4.58. The fraction of sp³-hybridized carbons (Fsp3) is 0.174. The Kier molecular flexibility index (Phi) is 5.82. The zero-order valence-electron chi connectivity index (χ0n) is 15.2. The largest absolute Gasteiger partial charge is 0.344 e. The molecule has 0 heterocycles. The monoisotopic (exact) mass is 344 g/mol. The van der Waals surface area contributed by atoms with Gasteiger partial charge in [-0.15, -0.1) is 0 Å². The molecule has 3 aromatic carbocycles. The fourth-order valence-corrected chi connectivity index (χ4v) is 2.97. The lowest BCUT2D eigenvalue weighted by atomic mass is 10.0. The van der Waals surface area contributed by atoms with Gasteiger partial charge in [-0.3, -0.25) is 4.79 Å². The molecule has 1 atom stereocenters. The van der Waals surface area contributed by atoms with E-state index < -0.39 is 0 Å². The number of rotatable bonds is 6. The Morgan fingerprint density at radius 2 is 1.35 bits per heavy atom. The molecular weight excluding hydrogens is 320 g/mol. The Morgan fingerprint density at radius 3 is 1.92 bits per heavy atom. The van der Waals surface area contributed by atoms with Crippen LogP contribution in [0.4, 0.5) is 0 Å². The molecule has 0 spiro atoms. The van der Waals surface area contributed by atoms with Crippen molar-refractivity contribution in [3.63, 3.8) is 0 Å². The first-order valence-electron chi connectivity index (χ1n) is 8.79. The van der Waals surface area contributed by atoms with Gasteiger partial charge in [-0.2, -0.15) is 0 Å². The minimum Gasteiger partial charge on any atom is -0.344 e. The quantitative estimate of drug-likeness (QED) is 0.719. The molecule has 0 saturated heterocycles. The molecular formula is C23H24N2O. The molecule has 0 aliphatic rings. The Labute approximate surface area is 155 Å². The van der Waals surface area contributed by atoms with Crippen LogP contribution in [0.2, 0.25) is 0 Å². The molecule has 3 rings (SSSR count). The number of carbonyl (C=O) groups excluding carboxylic acids is 1. The highest BCUT2D eigenvalue weighted by Crippen LogP contribution is 2.20. The van der Waals surface area contributed by atoms with Crippen molar-refractivity contribution in [2.24, 2.45) is 0 Å². The number of benzene rings is 3. The van der Waals surface area contributed by atoms with E-state index in [1.807, 2.05) is 86.9 Å². The highest BCUT2D eigenvalue weighted by atomic mass is 16.1. The smallest absolute Gasteiger partial charge is 0.251 e. The van der Waals surface area contributed by atoms with Crippen LogP contribution in [0.5, 0.6) is 0 Å². The highest BCUT2D eigenvalue weighted by molar-refractivity contribution is 5.95. The molecule has 3 aromatic rings. The van der Waals surface area contributed by atoms with Gasteiger partial charge < -0.3 is 10.2 Å². The summed E-state index contributed by atoms with van der Waals surface area (Å²) in [6.45, 7) is 0.748. The van der Waals surface area contributed by atoms with Crippen molar-refractivity contribution < 1.29 is 4.79 Å². The molecule has 3 nitrogen and oxygen atoms in total. The van der Waals surface area contributed by atoms with E-state index in [4.69, 9.17) is 0 Å². The third-order valence-corrected chi connectivity index (χ3v) is 4.31. The number of carbonyl (C=O) groups is 1. The SMILES string of the molecule is CN(C)C[C@H](NC(=O)c1ccc(-c2ccccc2)cc1)c1ccccc1. The van der Waals surface area contributed by atoms with E-state index in [1.54, 1.807) is 0 Å². The van der Waals surface area contributed by atoms with Crippen molar-refractivity contribution >= 4 is 5.91 Å². The number of amides is 1. The summed E-state index contributed by atoms with van der Waals surface area (Å²) >= 11 is 0. The van der Waals surface area contributed by atoms with Crippen LogP contribution >= 0.6 is 0 Å². The molecule has 0 bridgehead atoms. The van der Waals surface area contributed by atoms with Gasteiger partial charge in [0.05, 0.1) is 6.04 Å². The van der Waals surface area contributed by atoms with Crippen molar-refractivity contribution in [3.05, 3.63) is 96.1 Å². The summed E-state index contributed by atoms with van der Waals surface area (Å²) in [6.07, 6.45) is 0. The van der Waals surface area contributed by atoms with Gasteiger partial charge in [0.25, 0.3) is 5.91 Å². The lowest BCUT2D eigenvalue weighted by molar-refractivity contribution is 0.0930. The molecule has 0 aromatic heterocycles. The molecule has 0 unspecified atom stereocenters. The molecule has 132 valence electrons. The topological polar surface area (TPSA) is 32.3 Å². The number of nitrogens with zero attached hydrogens (tertiary/aromatic N) is 1. The molecule has 0 aliphatic heterocycles. The molecule has 1 N–H and O–H groups in total. The molecule has 26 heavy (non-hydrogen) atoms. The maximum atomic E-state index is 12.7. The number of hydrogen-bond donors (Lipinski definition) is 1. The van der Waals surface area contributed by atoms with Crippen molar-refractivity contribution in [1.29, 1.82) is 0 Å². The second kappa shape index (κ2) is 8.45. The number of hydrogen-bond acceptors (Lipinski definition) is 2. The fourth-order valence-electron chi connectivity index (χ4n) is 2.97. The van der Waals surface area contributed by atoms with Gasteiger partial charge in [-0.1, -0.05) is 72.8 Å². The van der Waals surface area contributed by atoms with Crippen LogP contribution in [0.3, 0.4) is 0 Å². The number of nitrogens with one attached hydrogen (secondary N) is 1. The maximum absolute atomic E-state index is 12.7. The zero-order chi connectivity index (χ0) is 18.4. The predicted molar refractivity (Wildman–Crippen MR) is 107 cm³/mol. The van der Waals surface area contributed by atoms with Crippen LogP contribution in [-0.2, 0) is 0 Å². The summed E-state index contributed by atoms with van der Waals surface area (Å²) in [5.41, 5.74) is 4.03. The van der Waals surface area contributed by atoms with Crippen LogP contribution in [0.1, 0.15) is 22.0 Å². The number of likely N-dealkylation sites (N-methyl/N-ethyl adjacent to an activating group) is 1. The van der Waals surface area contributed by atoms with E-state index in [0.29, 0.717) is 5.56 Å². The molecule has 3 heteroatoms. The van der Waals surface area contributed by atoms with E-state index in [0.717, 1.165) is 23.2 Å². The molecule has 0 fully saturated rings. The van der Waals surface area contributed by atoms with Gasteiger partial charge in [0, 0.05) is 12.1 Å². The van der Waals surface area contributed by atoms with Gasteiger partial charge in [-0.05, 0) is 42.9 Å². The van der Waals surface area contributed by atoms with Gasteiger partial charge in [0.2, 0.25) is 0 Å². The summed E-state index contributed by atoms with van der Waals surface area (Å²) < 4.78 is 0. The highest BCUT2D eigenvalue weighted by Gasteiger charge is 2.16. The van der Waals surface area contributed by atoms with Crippen LogP contribution in [-0.4, -0.2) is 31.4 Å². The van der Waals surface area contributed by atoms with Gasteiger partial charge in [0.15, 0.2) is 0 Å². The maximum Gasteiger partial charge on any atom is 0.251 e. The van der Waals surface area contributed by atoms with E-state index in [9.17, 15) is 4.79 Å². The minimum atomic E-state index is -0.0553. The summed E-state index contributed by atoms with van der Waals surface area (Å²) in [4.78, 5) is 14.8.